The van der Waals surface area contributed by atoms with Crippen molar-refractivity contribution < 1.29 is 51.0 Å². The molecule has 1 atom stereocenters. The summed E-state index contributed by atoms with van der Waals surface area (Å²) >= 11 is 0. The number of sulfone groups is 1. The highest BCUT2D eigenvalue weighted by atomic mass is 32.2. The molecule has 0 radical (unpaired) electrons. The van der Waals surface area contributed by atoms with Crippen molar-refractivity contribution in [2.45, 2.75) is 48.6 Å². The lowest BCUT2D eigenvalue weighted by atomic mass is 9.91. The van der Waals surface area contributed by atoms with Gasteiger partial charge in [-0.05, 0) is 42.7 Å². The number of methoxy groups -OCH3 is 1. The van der Waals surface area contributed by atoms with Crippen LogP contribution in [-0.2, 0) is 33.2 Å². The molecule has 1 aliphatic heterocycles. The summed E-state index contributed by atoms with van der Waals surface area (Å²) in [6.07, 6.45) is -3.21. The fourth-order valence-electron chi connectivity index (χ4n) is 6.05. The predicted octanol–water partition coefficient (Wildman–Crippen LogP) is 4.93. The number of nitrogens with zero attached hydrogens (tertiary/aromatic N) is 3. The minimum Gasteiger partial charge on any atom is -0.493 e. The Hall–Kier alpha value is -4.67. The van der Waals surface area contributed by atoms with Gasteiger partial charge in [-0.15, -0.1) is 0 Å². The van der Waals surface area contributed by atoms with Crippen LogP contribution in [-0.4, -0.2) is 84.3 Å². The second-order valence-electron chi connectivity index (χ2n) is 12.0. The normalized spacial score (nSPS) is 16.0. The number of β-amino-alcohol motifs (C(OH)–C–C–N with tert-alkyl or cyclic N) is 1. The highest BCUT2D eigenvalue weighted by Crippen LogP contribution is 2.44. The first kappa shape index (κ1) is 35.6. The molecule has 2 heterocycles. The van der Waals surface area contributed by atoms with Crippen molar-refractivity contribution in [2.75, 3.05) is 33.0 Å². The van der Waals surface area contributed by atoms with Crippen LogP contribution >= 0.6 is 0 Å². The highest BCUT2D eigenvalue weighted by molar-refractivity contribution is 7.90. The number of rotatable bonds is 12. The van der Waals surface area contributed by atoms with Gasteiger partial charge >= 0.3 is 12.1 Å². The molecule has 1 saturated heterocycles. The van der Waals surface area contributed by atoms with Gasteiger partial charge in [-0.25, -0.2) is 8.42 Å². The Balaban J connectivity index is 1.43. The largest absolute Gasteiger partial charge is 0.493 e. The molecule has 1 aromatic heterocycles. The molecule has 16 heteroatoms. The van der Waals surface area contributed by atoms with Crippen LogP contribution in [0.5, 0.6) is 11.5 Å². The van der Waals surface area contributed by atoms with Crippen molar-refractivity contribution in [2.24, 2.45) is 0 Å². The van der Waals surface area contributed by atoms with E-state index >= 15 is 0 Å². The zero-order valence-electron chi connectivity index (χ0n) is 26.5. The Morgan fingerprint density at radius 1 is 1.08 bits per heavy atom. The summed E-state index contributed by atoms with van der Waals surface area (Å²) < 4.78 is 81.4. The van der Waals surface area contributed by atoms with Crippen molar-refractivity contribution >= 4 is 32.4 Å². The van der Waals surface area contributed by atoms with Gasteiger partial charge in [0.1, 0.15) is 6.10 Å². The first-order chi connectivity index (χ1) is 23.0. The Morgan fingerprint density at radius 2 is 1.76 bits per heavy atom. The standard InChI is InChI=1S/C33H34F3N3O9S/c1-47-29-5-3-4-22(16-30(40)41)31(29)48-24-12-14-37(15-13-24)20-32(42,33(34,35)36)27-19-38(28-17-23(39(43)44)8-11-26(27)28)18-21-6-9-25(10-7-21)49(2,45)46/h3-11,17,19,24,42H,12-16,18,20H2,1-2H3,(H,40,41). The maximum Gasteiger partial charge on any atom is 0.422 e. The van der Waals surface area contributed by atoms with Crippen LogP contribution in [0.2, 0.25) is 0 Å². The lowest BCUT2D eigenvalue weighted by molar-refractivity contribution is -0.384. The zero-order chi connectivity index (χ0) is 35.7. The molecule has 3 aromatic carbocycles. The summed E-state index contributed by atoms with van der Waals surface area (Å²) in [5.41, 5.74) is -3.23. The molecular weight excluding hydrogens is 671 g/mol. The number of nitro groups is 1. The van der Waals surface area contributed by atoms with E-state index in [9.17, 15) is 46.7 Å². The molecule has 1 unspecified atom stereocenters. The van der Waals surface area contributed by atoms with Crippen molar-refractivity contribution in [3.63, 3.8) is 0 Å². The number of aliphatic carboxylic acids is 1. The van der Waals surface area contributed by atoms with E-state index in [1.54, 1.807) is 18.2 Å². The van der Waals surface area contributed by atoms with Crippen LogP contribution in [0.15, 0.2) is 71.8 Å². The smallest absolute Gasteiger partial charge is 0.422 e. The number of benzene rings is 3. The molecule has 0 spiro atoms. The molecule has 2 N–H and O–H groups in total. The zero-order valence-corrected chi connectivity index (χ0v) is 27.3. The number of carboxylic acid groups (broad SMARTS) is 1. The summed E-state index contributed by atoms with van der Waals surface area (Å²) in [5.74, 6) is -0.485. The number of likely N-dealkylation sites (tertiary alicyclic amines) is 1. The third kappa shape index (κ3) is 7.66. The molecule has 0 amide bonds. The topological polar surface area (TPSA) is 161 Å². The summed E-state index contributed by atoms with van der Waals surface area (Å²) in [6, 6.07) is 14.0. The van der Waals surface area contributed by atoms with Gasteiger partial charge < -0.3 is 24.3 Å². The Kier molecular flexibility index (Phi) is 9.95. The average Bonchev–Trinajstić information content (AvgIpc) is 3.39. The number of piperidine rings is 1. The van der Waals surface area contributed by atoms with E-state index in [0.29, 0.717) is 16.9 Å². The van der Waals surface area contributed by atoms with Gasteiger partial charge in [0.25, 0.3) is 5.69 Å². The number of aromatic nitrogens is 1. The van der Waals surface area contributed by atoms with E-state index < -0.39 is 50.7 Å². The minimum atomic E-state index is -5.15. The maximum atomic E-state index is 14.9. The van der Waals surface area contributed by atoms with Crippen LogP contribution in [0.4, 0.5) is 18.9 Å². The predicted molar refractivity (Wildman–Crippen MR) is 172 cm³/mol. The summed E-state index contributed by atoms with van der Waals surface area (Å²) in [4.78, 5) is 23.8. The number of nitro benzene ring substituents is 1. The molecule has 12 nitrogen and oxygen atoms in total. The number of para-hydroxylation sites is 1. The molecule has 1 aliphatic rings. The summed E-state index contributed by atoms with van der Waals surface area (Å²) in [6.45, 7) is -0.668. The molecule has 1 fully saturated rings. The van der Waals surface area contributed by atoms with E-state index in [4.69, 9.17) is 9.47 Å². The number of fused-ring (bicyclic) bond motifs is 1. The van der Waals surface area contributed by atoms with Crippen LogP contribution < -0.4 is 9.47 Å². The number of ether oxygens (including phenoxy) is 2. The number of non-ortho nitro benzene ring substituents is 1. The first-order valence-electron chi connectivity index (χ1n) is 15.1. The fourth-order valence-corrected chi connectivity index (χ4v) is 6.68. The second kappa shape index (κ2) is 13.7. The Bertz CT molecular complexity index is 1970. The monoisotopic (exact) mass is 705 g/mol. The summed E-state index contributed by atoms with van der Waals surface area (Å²) in [7, 11) is -2.08. The molecule has 5 rings (SSSR count). The number of aliphatic hydroxyl groups is 1. The fraction of sp³-hybridized carbons (Fsp3) is 0.364. The van der Waals surface area contributed by atoms with Crippen molar-refractivity contribution in [1.82, 2.24) is 9.47 Å². The van der Waals surface area contributed by atoms with Gasteiger partial charge in [0.05, 0.1) is 28.9 Å². The molecule has 0 bridgehead atoms. The molecule has 262 valence electrons. The van der Waals surface area contributed by atoms with E-state index in [2.05, 4.69) is 0 Å². The third-order valence-electron chi connectivity index (χ3n) is 8.59. The third-order valence-corrected chi connectivity index (χ3v) is 9.72. The van der Waals surface area contributed by atoms with E-state index in [-0.39, 0.29) is 66.1 Å². The number of carboxylic acids is 1. The van der Waals surface area contributed by atoms with Gasteiger partial charge in [0, 0.05) is 67.3 Å². The van der Waals surface area contributed by atoms with Gasteiger partial charge in [-0.1, -0.05) is 24.3 Å². The lowest BCUT2D eigenvalue weighted by Crippen LogP contribution is -2.53. The number of hydrogen-bond donors (Lipinski definition) is 2. The van der Waals surface area contributed by atoms with Crippen LogP contribution in [0, 0.1) is 10.1 Å². The number of alkyl halides is 3. The molecule has 49 heavy (non-hydrogen) atoms. The van der Waals surface area contributed by atoms with E-state index in [1.165, 1.54) is 46.9 Å². The lowest BCUT2D eigenvalue weighted by Gasteiger charge is -2.39. The number of carbonyl (C=O) groups is 1. The van der Waals surface area contributed by atoms with Crippen molar-refractivity contribution in [3.8, 4) is 11.5 Å². The molecule has 4 aromatic rings. The van der Waals surface area contributed by atoms with Crippen molar-refractivity contribution in [3.05, 3.63) is 93.7 Å². The average molecular weight is 706 g/mol. The van der Waals surface area contributed by atoms with Gasteiger partial charge in [-0.3, -0.25) is 19.8 Å². The van der Waals surface area contributed by atoms with Crippen molar-refractivity contribution in [1.29, 1.82) is 0 Å². The molecule has 0 saturated carbocycles. The Morgan fingerprint density at radius 3 is 2.33 bits per heavy atom. The van der Waals surface area contributed by atoms with E-state index in [0.717, 1.165) is 24.6 Å². The second-order valence-corrected chi connectivity index (χ2v) is 14.0. The SMILES string of the molecule is COc1cccc(CC(=O)O)c1OC1CCN(CC(O)(c2cn(Cc3ccc(S(C)(=O)=O)cc3)c3cc([N+](=O)[O-])ccc23)C(F)(F)F)CC1. The molecule has 0 aliphatic carbocycles. The van der Waals surface area contributed by atoms with Gasteiger partial charge in [0.15, 0.2) is 21.3 Å². The quantitative estimate of drug-likeness (QED) is 0.153. The first-order valence-corrected chi connectivity index (χ1v) is 17.0. The maximum absolute atomic E-state index is 14.9. The Labute approximate surface area is 279 Å². The van der Waals surface area contributed by atoms with Crippen LogP contribution in [0.1, 0.15) is 29.5 Å². The highest BCUT2D eigenvalue weighted by Gasteiger charge is 2.57. The minimum absolute atomic E-state index is 0.0291. The molecular formula is C33H34F3N3O9S. The van der Waals surface area contributed by atoms with Gasteiger partial charge in [0.2, 0.25) is 5.60 Å². The van der Waals surface area contributed by atoms with Crippen LogP contribution in [0.3, 0.4) is 0 Å². The summed E-state index contributed by atoms with van der Waals surface area (Å²) in [5, 5.41) is 32.4. The number of halogens is 3. The van der Waals surface area contributed by atoms with Crippen LogP contribution in [0.25, 0.3) is 10.9 Å². The van der Waals surface area contributed by atoms with E-state index in [1.807, 2.05) is 0 Å². The number of hydrogen-bond acceptors (Lipinski definition) is 9. The van der Waals surface area contributed by atoms with Gasteiger partial charge in [-0.2, -0.15) is 13.2 Å².